The van der Waals surface area contributed by atoms with Gasteiger partial charge < -0.3 is 10.1 Å². The average molecular weight is 271 g/mol. The summed E-state index contributed by atoms with van der Waals surface area (Å²) >= 11 is 2.01. The molecule has 0 radical (unpaired) electrons. The monoisotopic (exact) mass is 271 g/mol. The van der Waals surface area contributed by atoms with Gasteiger partial charge in [-0.1, -0.05) is 6.92 Å². The van der Waals surface area contributed by atoms with Gasteiger partial charge in [-0.2, -0.15) is 11.8 Å². The second kappa shape index (κ2) is 6.40. The fourth-order valence-electron chi connectivity index (χ4n) is 3.17. The molecular formula is C14H25NO2S. The maximum Gasteiger partial charge on any atom is 0.140 e. The Kier molecular flexibility index (Phi) is 5.10. The minimum Gasteiger partial charge on any atom is -0.375 e. The molecule has 18 heavy (non-hydrogen) atoms. The summed E-state index contributed by atoms with van der Waals surface area (Å²) in [5.41, 5.74) is 0.0309. The van der Waals surface area contributed by atoms with Gasteiger partial charge in [-0.15, -0.1) is 0 Å². The summed E-state index contributed by atoms with van der Waals surface area (Å²) in [7, 11) is 1.91. The first kappa shape index (κ1) is 14.4. The Bertz CT molecular complexity index is 284. The molecule has 0 saturated carbocycles. The van der Waals surface area contributed by atoms with Gasteiger partial charge in [-0.25, -0.2) is 0 Å². The molecular weight excluding hydrogens is 246 g/mol. The van der Waals surface area contributed by atoms with Gasteiger partial charge in [0.15, 0.2) is 0 Å². The number of ether oxygens (including phenoxy) is 1. The highest BCUT2D eigenvalue weighted by Gasteiger charge is 2.41. The number of carbonyl (C=O) groups is 1. The molecule has 104 valence electrons. The van der Waals surface area contributed by atoms with Crippen molar-refractivity contribution in [2.45, 2.75) is 38.2 Å². The average Bonchev–Trinajstić information content (AvgIpc) is 2.39. The molecule has 0 aromatic heterocycles. The van der Waals surface area contributed by atoms with E-state index in [0.717, 1.165) is 38.8 Å². The molecule has 1 N–H and O–H groups in total. The van der Waals surface area contributed by atoms with Crippen molar-refractivity contribution in [3.63, 3.8) is 0 Å². The van der Waals surface area contributed by atoms with E-state index in [9.17, 15) is 4.79 Å². The van der Waals surface area contributed by atoms with Crippen LogP contribution in [-0.4, -0.2) is 43.1 Å². The van der Waals surface area contributed by atoms with Crippen molar-refractivity contribution in [1.82, 2.24) is 5.32 Å². The van der Waals surface area contributed by atoms with Gasteiger partial charge >= 0.3 is 0 Å². The smallest absolute Gasteiger partial charge is 0.140 e. The normalized spacial score (nSPS) is 29.1. The predicted molar refractivity (Wildman–Crippen MR) is 76.1 cm³/mol. The van der Waals surface area contributed by atoms with Gasteiger partial charge in [0, 0.05) is 25.0 Å². The van der Waals surface area contributed by atoms with E-state index in [4.69, 9.17) is 4.74 Å². The lowest BCUT2D eigenvalue weighted by Gasteiger charge is -2.43. The second-order valence-corrected chi connectivity index (χ2v) is 6.92. The number of rotatable bonds is 4. The fraction of sp³-hybridized carbons (Fsp3) is 0.929. The van der Waals surface area contributed by atoms with Crippen molar-refractivity contribution in [1.29, 1.82) is 0 Å². The predicted octanol–water partition coefficient (Wildman–Crippen LogP) is 2.10. The second-order valence-electron chi connectivity index (χ2n) is 5.69. The molecule has 0 aromatic rings. The topological polar surface area (TPSA) is 38.3 Å². The van der Waals surface area contributed by atoms with Crippen LogP contribution in [0.15, 0.2) is 0 Å². The number of carbonyl (C=O) groups excluding carboxylic acids is 1. The van der Waals surface area contributed by atoms with Crippen LogP contribution in [0.3, 0.4) is 0 Å². The van der Waals surface area contributed by atoms with Gasteiger partial charge in [-0.05, 0) is 44.2 Å². The zero-order valence-electron chi connectivity index (χ0n) is 11.5. The Morgan fingerprint density at radius 3 is 2.89 bits per heavy atom. The van der Waals surface area contributed by atoms with Crippen molar-refractivity contribution in [2.24, 2.45) is 11.8 Å². The van der Waals surface area contributed by atoms with Gasteiger partial charge in [0.25, 0.3) is 0 Å². The van der Waals surface area contributed by atoms with E-state index in [1.54, 1.807) is 0 Å². The van der Waals surface area contributed by atoms with Crippen LogP contribution in [0.25, 0.3) is 0 Å². The largest absolute Gasteiger partial charge is 0.375 e. The molecule has 0 amide bonds. The van der Waals surface area contributed by atoms with E-state index in [2.05, 4.69) is 5.32 Å². The summed E-state index contributed by atoms with van der Waals surface area (Å²) in [6, 6.07) is 0. The third-order valence-electron chi connectivity index (χ3n) is 4.30. The van der Waals surface area contributed by atoms with Gasteiger partial charge in [-0.3, -0.25) is 4.79 Å². The number of ketones is 1. The molecule has 1 spiro atoms. The fourth-order valence-corrected chi connectivity index (χ4v) is 4.41. The first-order valence-electron chi connectivity index (χ1n) is 7.07. The highest BCUT2D eigenvalue weighted by atomic mass is 32.2. The summed E-state index contributed by atoms with van der Waals surface area (Å²) in [6.45, 7) is 3.60. The third kappa shape index (κ3) is 3.28. The minimum absolute atomic E-state index is 0.0309. The summed E-state index contributed by atoms with van der Waals surface area (Å²) in [6.07, 6.45) is 4.13. The molecule has 4 heteroatoms. The van der Waals surface area contributed by atoms with Crippen LogP contribution in [0.4, 0.5) is 0 Å². The van der Waals surface area contributed by atoms with E-state index in [1.165, 1.54) is 11.5 Å². The Hall–Kier alpha value is -0.0600. The van der Waals surface area contributed by atoms with E-state index in [-0.39, 0.29) is 17.4 Å². The molecule has 2 saturated heterocycles. The number of hydrogen-bond donors (Lipinski definition) is 1. The Labute approximate surface area is 114 Å². The van der Waals surface area contributed by atoms with Crippen molar-refractivity contribution in [3.8, 4) is 0 Å². The van der Waals surface area contributed by atoms with Gasteiger partial charge in [0.2, 0.25) is 0 Å². The first-order valence-corrected chi connectivity index (χ1v) is 8.22. The molecule has 3 nitrogen and oxygen atoms in total. The minimum atomic E-state index is 0.0309. The lowest BCUT2D eigenvalue weighted by atomic mass is 9.77. The number of thioether (sulfide) groups is 1. The van der Waals surface area contributed by atoms with Crippen molar-refractivity contribution < 1.29 is 9.53 Å². The summed E-state index contributed by atoms with van der Waals surface area (Å²) in [4.78, 5) is 12.4. The number of hydrogen-bond acceptors (Lipinski definition) is 4. The van der Waals surface area contributed by atoms with E-state index in [1.807, 2.05) is 25.7 Å². The van der Waals surface area contributed by atoms with Gasteiger partial charge in [0.1, 0.15) is 5.78 Å². The molecule has 2 aliphatic rings. The van der Waals surface area contributed by atoms with Crippen LogP contribution in [0, 0.1) is 11.8 Å². The Morgan fingerprint density at radius 2 is 2.22 bits per heavy atom. The van der Waals surface area contributed by atoms with Crippen LogP contribution < -0.4 is 5.32 Å². The molecule has 0 aromatic carbocycles. The lowest BCUT2D eigenvalue weighted by molar-refractivity contribution is -0.141. The molecule has 2 heterocycles. The molecule has 2 unspecified atom stereocenters. The van der Waals surface area contributed by atoms with E-state index in [0.29, 0.717) is 5.78 Å². The Balaban J connectivity index is 1.95. The van der Waals surface area contributed by atoms with Crippen molar-refractivity contribution in [3.05, 3.63) is 0 Å². The standard InChI is InChI=1S/C14H25NO2S/c1-11(10-15-2)13(16)12-3-6-17-14(9-12)4-7-18-8-5-14/h11-12,15H,3-10H2,1-2H3. The van der Waals surface area contributed by atoms with E-state index < -0.39 is 0 Å². The van der Waals surface area contributed by atoms with Crippen molar-refractivity contribution in [2.75, 3.05) is 31.7 Å². The van der Waals surface area contributed by atoms with Crippen LogP contribution in [0.1, 0.15) is 32.6 Å². The molecule has 2 fully saturated rings. The first-order chi connectivity index (χ1) is 8.67. The highest BCUT2D eigenvalue weighted by Crippen LogP contribution is 2.40. The zero-order valence-corrected chi connectivity index (χ0v) is 12.4. The molecule has 2 rings (SSSR count). The van der Waals surface area contributed by atoms with Crippen LogP contribution in [-0.2, 0) is 9.53 Å². The van der Waals surface area contributed by atoms with Gasteiger partial charge in [0.05, 0.1) is 5.60 Å². The lowest BCUT2D eigenvalue weighted by Crippen LogP contribution is -2.45. The molecule has 2 atom stereocenters. The number of nitrogens with one attached hydrogen (secondary N) is 1. The number of Topliss-reactive ketones (excluding diaryl/α,β-unsaturated/α-hetero) is 1. The third-order valence-corrected chi connectivity index (χ3v) is 5.28. The maximum absolute atomic E-state index is 12.4. The van der Waals surface area contributed by atoms with Crippen LogP contribution >= 0.6 is 11.8 Å². The van der Waals surface area contributed by atoms with Crippen LogP contribution in [0.5, 0.6) is 0 Å². The quantitative estimate of drug-likeness (QED) is 0.850. The molecule has 0 aliphatic carbocycles. The van der Waals surface area contributed by atoms with Crippen LogP contribution in [0.2, 0.25) is 0 Å². The summed E-state index contributed by atoms with van der Waals surface area (Å²) < 4.78 is 6.05. The summed E-state index contributed by atoms with van der Waals surface area (Å²) in [5.74, 6) is 3.17. The highest BCUT2D eigenvalue weighted by molar-refractivity contribution is 7.99. The molecule has 2 aliphatic heterocycles. The van der Waals surface area contributed by atoms with Crippen molar-refractivity contribution >= 4 is 17.5 Å². The molecule has 0 bridgehead atoms. The SMILES string of the molecule is CNCC(C)C(=O)C1CCOC2(CCSCC2)C1. The zero-order chi connectivity index (χ0) is 13.0. The van der Waals surface area contributed by atoms with E-state index >= 15 is 0 Å². The maximum atomic E-state index is 12.4. The Morgan fingerprint density at radius 1 is 1.50 bits per heavy atom. The summed E-state index contributed by atoms with van der Waals surface area (Å²) in [5, 5.41) is 3.10.